The van der Waals surface area contributed by atoms with Gasteiger partial charge in [-0.15, -0.1) is 6.58 Å². The van der Waals surface area contributed by atoms with Crippen LogP contribution in [-0.2, 0) is 9.69 Å². The van der Waals surface area contributed by atoms with Gasteiger partial charge in [0, 0.05) is 0 Å². The van der Waals surface area contributed by atoms with Crippen molar-refractivity contribution in [2.75, 3.05) is 6.61 Å². The zero-order valence-electron chi connectivity index (χ0n) is 5.09. The van der Waals surface area contributed by atoms with Gasteiger partial charge >= 0.3 is 7.48 Å². The van der Waals surface area contributed by atoms with E-state index in [4.69, 9.17) is 0 Å². The van der Waals surface area contributed by atoms with E-state index < -0.39 is 0 Å². The summed E-state index contributed by atoms with van der Waals surface area (Å²) in [5.74, 6) is 0. The fourth-order valence-electron chi connectivity index (χ4n) is 0.241. The summed E-state index contributed by atoms with van der Waals surface area (Å²) in [7, 11) is 1.64. The van der Waals surface area contributed by atoms with Crippen molar-refractivity contribution in [1.29, 1.82) is 0 Å². The zero-order valence-corrected chi connectivity index (χ0v) is 5.09. The Kier molecular flexibility index (Phi) is 6.49. The Labute approximate surface area is 50.7 Å². The summed E-state index contributed by atoms with van der Waals surface area (Å²) >= 11 is 0. The second-order valence-electron chi connectivity index (χ2n) is 1.28. The molecule has 1 radical (unpaired) electrons. The van der Waals surface area contributed by atoms with Crippen LogP contribution in [0, 0.1) is 0 Å². The van der Waals surface area contributed by atoms with Gasteiger partial charge in [0.1, 0.15) is 0 Å². The Bertz CT molecular complexity index is 44.8. The molecule has 1 fully saturated rings. The van der Waals surface area contributed by atoms with E-state index in [1.807, 2.05) is 6.92 Å². The maximum Gasteiger partial charge on any atom is 0.346 e. The van der Waals surface area contributed by atoms with Crippen molar-refractivity contribution < 1.29 is 9.69 Å². The van der Waals surface area contributed by atoms with Crippen molar-refractivity contribution in [2.45, 2.75) is 13.2 Å². The Hall–Kier alpha value is -0.275. The summed E-state index contributed by atoms with van der Waals surface area (Å²) in [6, 6.07) is 0. The Morgan fingerprint density at radius 3 is 2.50 bits per heavy atom. The number of hydrogen-bond acceptors (Lipinski definition) is 2. The normalized spacial score (nSPS) is 15.6. The molecular weight excluding hydrogens is 103 g/mol. The molecule has 0 aromatic rings. The molecular formula is C5H10BO2. The van der Waals surface area contributed by atoms with Gasteiger partial charge in [0.2, 0.25) is 0 Å². The first-order valence-electron chi connectivity index (χ1n) is 2.58. The van der Waals surface area contributed by atoms with Crippen LogP contribution in [0.25, 0.3) is 0 Å². The van der Waals surface area contributed by atoms with Crippen LogP contribution in [0.2, 0.25) is 6.32 Å². The predicted molar refractivity (Wildman–Crippen MR) is 33.5 cm³/mol. The number of allylic oxidation sites excluding steroid dienone is 1. The van der Waals surface area contributed by atoms with Gasteiger partial charge in [0.15, 0.2) is 0 Å². The molecule has 3 heteroatoms. The highest BCUT2D eigenvalue weighted by molar-refractivity contribution is 6.27. The van der Waals surface area contributed by atoms with E-state index in [1.54, 1.807) is 13.6 Å². The third-order valence-corrected chi connectivity index (χ3v) is 0.455. The quantitative estimate of drug-likeness (QED) is 0.266. The van der Waals surface area contributed by atoms with Crippen LogP contribution in [-0.4, -0.2) is 14.1 Å². The van der Waals surface area contributed by atoms with Gasteiger partial charge in [-0.25, -0.2) is 0 Å². The van der Waals surface area contributed by atoms with Crippen molar-refractivity contribution in [1.82, 2.24) is 0 Å². The van der Waals surface area contributed by atoms with E-state index in [0.29, 0.717) is 0 Å². The third-order valence-electron chi connectivity index (χ3n) is 0.455. The van der Waals surface area contributed by atoms with Gasteiger partial charge in [0.05, 0.1) is 6.61 Å². The molecule has 45 valence electrons. The van der Waals surface area contributed by atoms with E-state index in [2.05, 4.69) is 16.3 Å². The first-order valence-corrected chi connectivity index (χ1v) is 2.58. The van der Waals surface area contributed by atoms with Crippen LogP contribution in [0.15, 0.2) is 12.7 Å². The van der Waals surface area contributed by atoms with Crippen molar-refractivity contribution in [3.8, 4) is 0 Å². The second-order valence-corrected chi connectivity index (χ2v) is 1.28. The van der Waals surface area contributed by atoms with Gasteiger partial charge < -0.3 is 4.81 Å². The fourth-order valence-corrected chi connectivity index (χ4v) is 0.241. The minimum atomic E-state index is 0.722. The minimum Gasteiger partial charge on any atom is -0.311 e. The third kappa shape index (κ3) is 5.72. The molecule has 1 saturated heterocycles. The molecule has 0 aromatic heterocycles. The van der Waals surface area contributed by atoms with Crippen LogP contribution in [0.5, 0.6) is 0 Å². The molecule has 0 bridgehead atoms. The minimum absolute atomic E-state index is 0.722. The lowest BCUT2D eigenvalue weighted by molar-refractivity contribution is -0.181. The Morgan fingerprint density at radius 1 is 1.75 bits per heavy atom. The topological polar surface area (TPSA) is 18.5 Å². The fraction of sp³-hybridized carbons (Fsp3) is 0.600. The van der Waals surface area contributed by atoms with Crippen molar-refractivity contribution in [3.05, 3.63) is 12.7 Å². The summed E-state index contributed by atoms with van der Waals surface area (Å²) < 4.78 is 0. The predicted octanol–water partition coefficient (Wildman–Crippen LogP) is 1.18. The van der Waals surface area contributed by atoms with E-state index >= 15 is 0 Å². The van der Waals surface area contributed by atoms with Crippen LogP contribution in [0.1, 0.15) is 6.92 Å². The van der Waals surface area contributed by atoms with Gasteiger partial charge in [-0.05, 0) is 13.2 Å². The highest BCUT2D eigenvalue weighted by Gasteiger charge is 2.00. The van der Waals surface area contributed by atoms with E-state index in [-0.39, 0.29) is 0 Å². The Balaban J connectivity index is 0.000000145. The highest BCUT2D eigenvalue weighted by atomic mass is 17.2. The number of hydrogen-bond donors (Lipinski definition) is 0. The molecule has 8 heavy (non-hydrogen) atoms. The van der Waals surface area contributed by atoms with Gasteiger partial charge in [-0.1, -0.05) is 6.08 Å². The smallest absolute Gasteiger partial charge is 0.311 e. The van der Waals surface area contributed by atoms with Gasteiger partial charge in [-0.3, -0.25) is 4.89 Å². The van der Waals surface area contributed by atoms with Crippen molar-refractivity contribution in [3.63, 3.8) is 0 Å². The molecule has 0 atom stereocenters. The molecule has 1 aliphatic heterocycles. The molecule has 0 saturated carbocycles. The lowest BCUT2D eigenvalue weighted by Crippen LogP contribution is -1.78. The molecule has 0 spiro atoms. The molecule has 0 amide bonds. The molecule has 1 aliphatic rings. The molecule has 0 unspecified atom stereocenters. The summed E-state index contributed by atoms with van der Waals surface area (Å²) in [6.07, 6.45) is 2.68. The second kappa shape index (κ2) is 6.72. The Morgan fingerprint density at radius 2 is 2.38 bits per heavy atom. The molecule has 1 heterocycles. The summed E-state index contributed by atoms with van der Waals surface area (Å²) in [5.41, 5.74) is 0. The standard InChI is InChI=1S/C3H6.C2H4BO2/c1-3-2;1-2-4-5-3-1/h3H,1H2,2H3;1-2H2. The van der Waals surface area contributed by atoms with E-state index in [0.717, 1.165) is 12.9 Å². The summed E-state index contributed by atoms with van der Waals surface area (Å²) in [5, 5.41) is 0. The lowest BCUT2D eigenvalue weighted by Gasteiger charge is -1.79. The maximum absolute atomic E-state index is 4.39. The van der Waals surface area contributed by atoms with E-state index in [9.17, 15) is 0 Å². The van der Waals surface area contributed by atoms with Gasteiger partial charge in [0.25, 0.3) is 0 Å². The van der Waals surface area contributed by atoms with Crippen LogP contribution < -0.4 is 0 Å². The first-order chi connectivity index (χ1) is 3.91. The summed E-state index contributed by atoms with van der Waals surface area (Å²) in [4.78, 5) is 8.71. The lowest BCUT2D eigenvalue weighted by atomic mass is 9.99. The monoisotopic (exact) mass is 113 g/mol. The summed E-state index contributed by atoms with van der Waals surface area (Å²) in [6.45, 7) is 5.97. The molecule has 2 nitrogen and oxygen atoms in total. The first kappa shape index (κ1) is 7.72. The van der Waals surface area contributed by atoms with Gasteiger partial charge in [-0.2, -0.15) is 0 Å². The van der Waals surface area contributed by atoms with Crippen molar-refractivity contribution >= 4 is 7.48 Å². The molecule has 1 rings (SSSR count). The molecule has 0 aliphatic carbocycles. The molecule has 0 aromatic carbocycles. The molecule has 0 N–H and O–H groups in total. The van der Waals surface area contributed by atoms with Crippen LogP contribution >= 0.6 is 0 Å². The van der Waals surface area contributed by atoms with Crippen LogP contribution in [0.3, 0.4) is 0 Å². The van der Waals surface area contributed by atoms with E-state index in [1.165, 1.54) is 0 Å². The van der Waals surface area contributed by atoms with Crippen LogP contribution in [0.4, 0.5) is 0 Å². The average molecular weight is 113 g/mol. The SMILES string of the molecule is C=CC.[B]1CCOO1. The highest BCUT2D eigenvalue weighted by Crippen LogP contribution is 1.91. The maximum atomic E-state index is 4.39. The largest absolute Gasteiger partial charge is 0.346 e. The zero-order chi connectivity index (χ0) is 6.24. The average Bonchev–Trinajstić information content (AvgIpc) is 2.17. The number of rotatable bonds is 0. The van der Waals surface area contributed by atoms with Crippen molar-refractivity contribution in [2.24, 2.45) is 0 Å².